The van der Waals surface area contributed by atoms with Gasteiger partial charge >= 0.3 is 0 Å². The van der Waals surface area contributed by atoms with Crippen molar-refractivity contribution in [2.45, 2.75) is 18.7 Å². The van der Waals surface area contributed by atoms with Crippen molar-refractivity contribution in [2.24, 2.45) is 0 Å². The minimum Gasteiger partial charge on any atom is -0.256 e. The largest absolute Gasteiger partial charge is 0.256 e. The molecule has 1 unspecified atom stereocenters. The number of aromatic nitrogens is 1. The van der Waals surface area contributed by atoms with Crippen molar-refractivity contribution in [3.8, 4) is 0 Å². The Bertz CT molecular complexity index is 463. The molecule has 0 amide bonds. The van der Waals surface area contributed by atoms with Crippen LogP contribution in [-0.4, -0.2) is 4.98 Å². The molecule has 1 nitrogen and oxygen atoms in total. The van der Waals surface area contributed by atoms with Crippen molar-refractivity contribution >= 4 is 26.8 Å². The maximum atomic E-state index is 4.33. The van der Waals surface area contributed by atoms with E-state index < -0.39 is 0 Å². The van der Waals surface area contributed by atoms with Gasteiger partial charge in [0, 0.05) is 16.4 Å². The number of fused-ring (bicyclic) bond motifs is 1. The number of halogens is 1. The predicted molar refractivity (Wildman–Crippen MR) is 63.8 cm³/mol. The van der Waals surface area contributed by atoms with E-state index in [-0.39, 0.29) is 0 Å². The summed E-state index contributed by atoms with van der Waals surface area (Å²) in [6.07, 6.45) is 1.83. The summed E-state index contributed by atoms with van der Waals surface area (Å²) in [4.78, 5) is 4.72. The topological polar surface area (TPSA) is 12.9 Å². The molecule has 0 aliphatic heterocycles. The molecule has 0 N–H and O–H groups in total. The third kappa shape index (κ3) is 1.55. The van der Waals surface area contributed by atoms with Crippen molar-refractivity contribution in [2.75, 3.05) is 0 Å². The van der Waals surface area contributed by atoms with Gasteiger partial charge in [0.25, 0.3) is 0 Å². The fourth-order valence-corrected chi connectivity index (χ4v) is 2.24. The van der Waals surface area contributed by atoms with E-state index in [1.165, 1.54) is 16.5 Å². The molecule has 72 valence electrons. The number of aryl methyl sites for hydroxylation is 1. The Kier molecular flexibility index (Phi) is 2.55. The monoisotopic (exact) mass is 249 g/mol. The Morgan fingerprint density at radius 2 is 2.07 bits per heavy atom. The van der Waals surface area contributed by atoms with Gasteiger partial charge in [-0.2, -0.15) is 0 Å². The van der Waals surface area contributed by atoms with E-state index in [2.05, 4.69) is 53.0 Å². The number of hydrogen-bond acceptors (Lipinski definition) is 1. The second kappa shape index (κ2) is 3.70. The van der Waals surface area contributed by atoms with Gasteiger partial charge in [-0.15, -0.1) is 0 Å². The summed E-state index contributed by atoms with van der Waals surface area (Å²) >= 11 is 3.60. The number of rotatable bonds is 1. The average molecular weight is 250 g/mol. The smallest absolute Gasteiger partial charge is 0.0704 e. The molecule has 1 aromatic heterocycles. The second-order valence-electron chi connectivity index (χ2n) is 3.47. The van der Waals surface area contributed by atoms with E-state index in [0.717, 1.165) is 5.52 Å². The van der Waals surface area contributed by atoms with Crippen LogP contribution in [0, 0.1) is 6.92 Å². The van der Waals surface area contributed by atoms with Gasteiger partial charge in [-0.3, -0.25) is 4.98 Å². The summed E-state index contributed by atoms with van der Waals surface area (Å²) < 4.78 is 0. The third-order valence-corrected chi connectivity index (χ3v) is 3.02. The molecule has 0 saturated carbocycles. The SMILES string of the molecule is Cc1c(C(C)Br)ccc2ncccc12. The van der Waals surface area contributed by atoms with Crippen LogP contribution in [0.5, 0.6) is 0 Å². The molecule has 0 saturated heterocycles. The van der Waals surface area contributed by atoms with E-state index in [1.807, 2.05) is 12.3 Å². The lowest BCUT2D eigenvalue weighted by Gasteiger charge is -2.10. The molecule has 0 spiro atoms. The fraction of sp³-hybridized carbons (Fsp3) is 0.250. The molecular formula is C12H12BrN. The van der Waals surface area contributed by atoms with Crippen LogP contribution in [0.4, 0.5) is 0 Å². The minimum absolute atomic E-state index is 0.395. The highest BCUT2D eigenvalue weighted by atomic mass is 79.9. The quantitative estimate of drug-likeness (QED) is 0.697. The first-order chi connectivity index (χ1) is 6.70. The van der Waals surface area contributed by atoms with Gasteiger partial charge in [0.05, 0.1) is 5.52 Å². The summed E-state index contributed by atoms with van der Waals surface area (Å²) in [5.41, 5.74) is 3.73. The molecular weight excluding hydrogens is 238 g/mol. The van der Waals surface area contributed by atoms with Crippen LogP contribution in [0.25, 0.3) is 10.9 Å². The number of hydrogen-bond donors (Lipinski definition) is 0. The van der Waals surface area contributed by atoms with Gasteiger partial charge in [-0.25, -0.2) is 0 Å². The Morgan fingerprint density at radius 1 is 1.29 bits per heavy atom. The van der Waals surface area contributed by atoms with Gasteiger partial charge in [0.15, 0.2) is 0 Å². The number of benzene rings is 1. The van der Waals surface area contributed by atoms with Crippen LogP contribution in [0.1, 0.15) is 22.9 Å². The summed E-state index contributed by atoms with van der Waals surface area (Å²) in [6, 6.07) is 8.33. The molecule has 0 aliphatic rings. The van der Waals surface area contributed by atoms with Gasteiger partial charge in [-0.05, 0) is 37.1 Å². The standard InChI is InChI=1S/C12H12BrN/c1-8-10(9(2)13)5-6-12-11(8)4-3-7-14-12/h3-7,9H,1-2H3. The second-order valence-corrected chi connectivity index (χ2v) is 4.84. The van der Waals surface area contributed by atoms with Crippen molar-refractivity contribution in [3.05, 3.63) is 41.6 Å². The van der Waals surface area contributed by atoms with Gasteiger partial charge in [0.2, 0.25) is 0 Å². The third-order valence-electron chi connectivity index (χ3n) is 2.52. The fourth-order valence-electron chi connectivity index (χ4n) is 1.75. The normalized spacial score (nSPS) is 13.1. The molecule has 2 heteroatoms. The molecule has 1 heterocycles. The van der Waals surface area contributed by atoms with Crippen molar-refractivity contribution in [3.63, 3.8) is 0 Å². The highest BCUT2D eigenvalue weighted by Crippen LogP contribution is 2.29. The van der Waals surface area contributed by atoms with Gasteiger partial charge in [0.1, 0.15) is 0 Å². The number of nitrogens with zero attached hydrogens (tertiary/aromatic N) is 1. The molecule has 1 atom stereocenters. The number of alkyl halides is 1. The first-order valence-electron chi connectivity index (χ1n) is 4.68. The highest BCUT2D eigenvalue weighted by molar-refractivity contribution is 9.09. The first kappa shape index (κ1) is 9.66. The van der Waals surface area contributed by atoms with Crippen molar-refractivity contribution in [1.29, 1.82) is 0 Å². The van der Waals surface area contributed by atoms with Crippen LogP contribution in [0.3, 0.4) is 0 Å². The van der Waals surface area contributed by atoms with E-state index in [4.69, 9.17) is 0 Å². The Labute approximate surface area is 92.3 Å². The van der Waals surface area contributed by atoms with Crippen LogP contribution >= 0.6 is 15.9 Å². The summed E-state index contributed by atoms with van der Waals surface area (Å²) in [6.45, 7) is 4.29. The summed E-state index contributed by atoms with van der Waals surface area (Å²) in [5.74, 6) is 0. The average Bonchev–Trinajstić information content (AvgIpc) is 2.18. The summed E-state index contributed by atoms with van der Waals surface area (Å²) in [5, 5.41) is 1.25. The Morgan fingerprint density at radius 3 is 2.79 bits per heavy atom. The zero-order chi connectivity index (χ0) is 10.1. The van der Waals surface area contributed by atoms with E-state index in [9.17, 15) is 0 Å². The van der Waals surface area contributed by atoms with E-state index in [1.54, 1.807) is 0 Å². The minimum atomic E-state index is 0.395. The van der Waals surface area contributed by atoms with Crippen LogP contribution in [-0.2, 0) is 0 Å². The molecule has 1 aromatic carbocycles. The van der Waals surface area contributed by atoms with Crippen LogP contribution in [0.15, 0.2) is 30.5 Å². The molecule has 0 fully saturated rings. The van der Waals surface area contributed by atoms with Crippen LogP contribution in [0.2, 0.25) is 0 Å². The van der Waals surface area contributed by atoms with E-state index >= 15 is 0 Å². The molecule has 0 radical (unpaired) electrons. The zero-order valence-corrected chi connectivity index (χ0v) is 9.88. The lowest BCUT2D eigenvalue weighted by atomic mass is 10.0. The van der Waals surface area contributed by atoms with Gasteiger partial charge in [-0.1, -0.05) is 28.1 Å². The lowest BCUT2D eigenvalue weighted by molar-refractivity contribution is 1.10. The van der Waals surface area contributed by atoms with Crippen molar-refractivity contribution in [1.82, 2.24) is 4.98 Å². The molecule has 0 bridgehead atoms. The molecule has 2 rings (SSSR count). The number of pyridine rings is 1. The lowest BCUT2D eigenvalue weighted by Crippen LogP contribution is -1.91. The highest BCUT2D eigenvalue weighted by Gasteiger charge is 2.07. The first-order valence-corrected chi connectivity index (χ1v) is 5.60. The molecule has 2 aromatic rings. The van der Waals surface area contributed by atoms with Crippen molar-refractivity contribution < 1.29 is 0 Å². The maximum absolute atomic E-state index is 4.33. The molecule has 0 aliphatic carbocycles. The Balaban J connectivity index is 2.75. The van der Waals surface area contributed by atoms with E-state index in [0.29, 0.717) is 4.83 Å². The summed E-state index contributed by atoms with van der Waals surface area (Å²) in [7, 11) is 0. The Hall–Kier alpha value is -0.890. The van der Waals surface area contributed by atoms with Gasteiger partial charge < -0.3 is 0 Å². The van der Waals surface area contributed by atoms with Crippen LogP contribution < -0.4 is 0 Å². The maximum Gasteiger partial charge on any atom is 0.0704 e. The molecule has 14 heavy (non-hydrogen) atoms. The predicted octanol–water partition coefficient (Wildman–Crippen LogP) is 4.00. The zero-order valence-electron chi connectivity index (χ0n) is 8.29.